The fourth-order valence-electron chi connectivity index (χ4n) is 1.86. The fourth-order valence-corrected chi connectivity index (χ4v) is 2.05. The van der Waals surface area contributed by atoms with Crippen LogP contribution in [0, 0.1) is 0 Å². The highest BCUT2D eigenvalue weighted by Crippen LogP contribution is 2.15. The number of carbonyl (C=O) groups is 1. The van der Waals surface area contributed by atoms with Gasteiger partial charge in [0, 0.05) is 44.8 Å². The third-order valence-corrected chi connectivity index (χ3v) is 3.35. The van der Waals surface area contributed by atoms with Crippen LogP contribution in [0.15, 0.2) is 24.3 Å². The summed E-state index contributed by atoms with van der Waals surface area (Å²) in [5.74, 6) is 0.775. The zero-order valence-electron chi connectivity index (χ0n) is 12.0. The standard InChI is InChI=1S/C15H23ClN2O/c1-17(2)14-9-7-8-13(12-14)15(19)18(3)11-6-4-5-10-16/h7-9,12H,4-6,10-11H2,1-3H3. The third kappa shape index (κ3) is 5.11. The molecule has 0 saturated heterocycles. The smallest absolute Gasteiger partial charge is 0.253 e. The van der Waals surface area contributed by atoms with E-state index < -0.39 is 0 Å². The number of benzene rings is 1. The predicted octanol–water partition coefficient (Wildman–Crippen LogP) is 3.23. The van der Waals surface area contributed by atoms with Crippen LogP contribution in [0.25, 0.3) is 0 Å². The summed E-state index contributed by atoms with van der Waals surface area (Å²) < 4.78 is 0. The minimum atomic E-state index is 0.0783. The molecule has 0 fully saturated rings. The first-order chi connectivity index (χ1) is 9.06. The van der Waals surface area contributed by atoms with Crippen LogP contribution in [0.5, 0.6) is 0 Å². The SMILES string of the molecule is CN(CCCCCCl)C(=O)c1cccc(N(C)C)c1. The first-order valence-corrected chi connectivity index (χ1v) is 7.18. The van der Waals surface area contributed by atoms with E-state index in [4.69, 9.17) is 11.6 Å². The van der Waals surface area contributed by atoms with Crippen molar-refractivity contribution >= 4 is 23.2 Å². The Morgan fingerprint density at radius 3 is 2.53 bits per heavy atom. The van der Waals surface area contributed by atoms with Crippen LogP contribution < -0.4 is 4.90 Å². The van der Waals surface area contributed by atoms with Crippen molar-refractivity contribution < 1.29 is 4.79 Å². The number of anilines is 1. The van der Waals surface area contributed by atoms with Crippen molar-refractivity contribution in [3.05, 3.63) is 29.8 Å². The van der Waals surface area contributed by atoms with E-state index in [-0.39, 0.29) is 5.91 Å². The van der Waals surface area contributed by atoms with Crippen molar-refractivity contribution in [3.63, 3.8) is 0 Å². The molecule has 1 aromatic carbocycles. The van der Waals surface area contributed by atoms with Crippen LogP contribution in [-0.4, -0.2) is 44.4 Å². The van der Waals surface area contributed by atoms with Gasteiger partial charge in [0.1, 0.15) is 0 Å². The summed E-state index contributed by atoms with van der Waals surface area (Å²) in [6.45, 7) is 0.780. The minimum absolute atomic E-state index is 0.0783. The number of halogens is 1. The highest BCUT2D eigenvalue weighted by molar-refractivity contribution is 6.17. The Kier molecular flexibility index (Phi) is 6.71. The Morgan fingerprint density at radius 2 is 1.89 bits per heavy atom. The summed E-state index contributed by atoms with van der Waals surface area (Å²) in [4.78, 5) is 16.0. The maximum absolute atomic E-state index is 12.3. The van der Waals surface area contributed by atoms with Crippen LogP contribution in [-0.2, 0) is 0 Å². The van der Waals surface area contributed by atoms with E-state index in [1.807, 2.05) is 50.3 Å². The zero-order chi connectivity index (χ0) is 14.3. The lowest BCUT2D eigenvalue weighted by Gasteiger charge is -2.19. The molecule has 106 valence electrons. The van der Waals surface area contributed by atoms with Crippen molar-refractivity contribution in [2.75, 3.05) is 38.5 Å². The van der Waals surface area contributed by atoms with Crippen molar-refractivity contribution in [2.24, 2.45) is 0 Å². The van der Waals surface area contributed by atoms with Gasteiger partial charge in [-0.15, -0.1) is 11.6 Å². The van der Waals surface area contributed by atoms with Gasteiger partial charge in [0.25, 0.3) is 5.91 Å². The molecule has 0 bridgehead atoms. The molecular weight excluding hydrogens is 260 g/mol. The summed E-state index contributed by atoms with van der Waals surface area (Å²) in [5, 5.41) is 0. The average Bonchev–Trinajstić information content (AvgIpc) is 2.42. The molecule has 0 N–H and O–H groups in total. The summed E-state index contributed by atoms with van der Waals surface area (Å²) in [6, 6.07) is 7.71. The molecule has 0 aliphatic heterocycles. The number of unbranched alkanes of at least 4 members (excludes halogenated alkanes) is 2. The second-order valence-corrected chi connectivity index (χ2v) is 5.30. The molecule has 19 heavy (non-hydrogen) atoms. The Labute approximate surface area is 121 Å². The molecular formula is C15H23ClN2O. The van der Waals surface area contributed by atoms with E-state index in [0.717, 1.165) is 37.1 Å². The van der Waals surface area contributed by atoms with Crippen molar-refractivity contribution in [1.82, 2.24) is 4.90 Å². The molecule has 0 atom stereocenters. The molecule has 0 unspecified atom stereocenters. The van der Waals surface area contributed by atoms with E-state index in [0.29, 0.717) is 5.88 Å². The van der Waals surface area contributed by atoms with Gasteiger partial charge < -0.3 is 9.80 Å². The number of rotatable bonds is 7. The number of carbonyl (C=O) groups excluding carboxylic acids is 1. The van der Waals surface area contributed by atoms with E-state index >= 15 is 0 Å². The molecule has 4 heteroatoms. The Hall–Kier alpha value is -1.22. The molecule has 0 radical (unpaired) electrons. The number of alkyl halides is 1. The molecule has 1 amide bonds. The highest BCUT2D eigenvalue weighted by atomic mass is 35.5. The second-order valence-electron chi connectivity index (χ2n) is 4.92. The Bertz CT molecular complexity index is 407. The lowest BCUT2D eigenvalue weighted by atomic mass is 10.1. The highest BCUT2D eigenvalue weighted by Gasteiger charge is 2.11. The number of hydrogen-bond donors (Lipinski definition) is 0. The molecule has 1 aromatic rings. The monoisotopic (exact) mass is 282 g/mol. The molecule has 0 saturated carbocycles. The van der Waals surface area contributed by atoms with Gasteiger partial charge in [0.2, 0.25) is 0 Å². The van der Waals surface area contributed by atoms with Crippen LogP contribution >= 0.6 is 11.6 Å². The molecule has 0 spiro atoms. The molecule has 1 rings (SSSR count). The first-order valence-electron chi connectivity index (χ1n) is 6.65. The summed E-state index contributed by atoms with van der Waals surface area (Å²) in [5.41, 5.74) is 1.78. The van der Waals surface area contributed by atoms with Gasteiger partial charge >= 0.3 is 0 Å². The zero-order valence-corrected chi connectivity index (χ0v) is 12.8. The quantitative estimate of drug-likeness (QED) is 0.566. The second kappa shape index (κ2) is 8.05. The van der Waals surface area contributed by atoms with Crippen LogP contribution in [0.4, 0.5) is 5.69 Å². The van der Waals surface area contributed by atoms with Gasteiger partial charge in [0.05, 0.1) is 0 Å². The van der Waals surface area contributed by atoms with E-state index in [9.17, 15) is 4.79 Å². The van der Waals surface area contributed by atoms with Gasteiger partial charge in [-0.2, -0.15) is 0 Å². The lowest BCUT2D eigenvalue weighted by Crippen LogP contribution is -2.28. The van der Waals surface area contributed by atoms with Crippen LogP contribution in [0.1, 0.15) is 29.6 Å². The summed E-state index contributed by atoms with van der Waals surface area (Å²) in [7, 11) is 5.80. The maximum Gasteiger partial charge on any atom is 0.253 e. The molecule has 3 nitrogen and oxygen atoms in total. The van der Waals surface area contributed by atoms with E-state index in [1.54, 1.807) is 4.90 Å². The molecule has 0 heterocycles. The van der Waals surface area contributed by atoms with Crippen LogP contribution in [0.3, 0.4) is 0 Å². The Morgan fingerprint density at radius 1 is 1.16 bits per heavy atom. The minimum Gasteiger partial charge on any atom is -0.378 e. The lowest BCUT2D eigenvalue weighted by molar-refractivity contribution is 0.0793. The number of amides is 1. The third-order valence-electron chi connectivity index (χ3n) is 3.08. The summed E-state index contributed by atoms with van der Waals surface area (Å²) >= 11 is 5.64. The average molecular weight is 283 g/mol. The van der Waals surface area contributed by atoms with Gasteiger partial charge in [-0.05, 0) is 31.0 Å². The summed E-state index contributed by atoms with van der Waals surface area (Å²) in [6.07, 6.45) is 3.08. The van der Waals surface area contributed by atoms with Crippen molar-refractivity contribution in [2.45, 2.75) is 19.3 Å². The van der Waals surface area contributed by atoms with E-state index in [2.05, 4.69) is 0 Å². The normalized spacial score (nSPS) is 10.3. The Balaban J connectivity index is 2.58. The fraction of sp³-hybridized carbons (Fsp3) is 0.533. The largest absolute Gasteiger partial charge is 0.378 e. The van der Waals surface area contributed by atoms with Gasteiger partial charge in [-0.3, -0.25) is 4.79 Å². The van der Waals surface area contributed by atoms with Gasteiger partial charge in [0.15, 0.2) is 0 Å². The molecule has 0 aliphatic rings. The van der Waals surface area contributed by atoms with Crippen molar-refractivity contribution in [3.8, 4) is 0 Å². The predicted molar refractivity (Wildman–Crippen MR) is 82.3 cm³/mol. The number of nitrogens with zero attached hydrogens (tertiary/aromatic N) is 2. The topological polar surface area (TPSA) is 23.6 Å². The molecule has 0 aromatic heterocycles. The maximum atomic E-state index is 12.3. The van der Waals surface area contributed by atoms with Crippen molar-refractivity contribution in [1.29, 1.82) is 0 Å². The first kappa shape index (κ1) is 15.8. The van der Waals surface area contributed by atoms with Gasteiger partial charge in [-0.25, -0.2) is 0 Å². The van der Waals surface area contributed by atoms with Gasteiger partial charge in [-0.1, -0.05) is 12.5 Å². The van der Waals surface area contributed by atoms with E-state index in [1.165, 1.54) is 0 Å². The molecule has 0 aliphatic carbocycles. The van der Waals surface area contributed by atoms with Crippen LogP contribution in [0.2, 0.25) is 0 Å². The number of hydrogen-bond acceptors (Lipinski definition) is 2.